The normalized spacial score (nSPS) is 11.4. The lowest BCUT2D eigenvalue weighted by Crippen LogP contribution is -2.33. The summed E-state index contributed by atoms with van der Waals surface area (Å²) in [7, 11) is 1.74. The number of anilines is 1. The first-order chi connectivity index (χ1) is 8.04. The molecule has 3 nitrogen and oxygen atoms in total. The summed E-state index contributed by atoms with van der Waals surface area (Å²) in [5.41, 5.74) is 9.15. The zero-order valence-electron chi connectivity index (χ0n) is 11.4. The van der Waals surface area contributed by atoms with Crippen molar-refractivity contribution in [3.8, 4) is 0 Å². The third kappa shape index (κ3) is 4.36. The molecule has 0 unspecified atom stereocenters. The van der Waals surface area contributed by atoms with Gasteiger partial charge in [-0.05, 0) is 38.0 Å². The molecule has 0 aliphatic heterocycles. The molecule has 1 aromatic rings. The Morgan fingerprint density at radius 2 is 2.06 bits per heavy atom. The fourth-order valence-electron chi connectivity index (χ4n) is 1.80. The van der Waals surface area contributed by atoms with Crippen LogP contribution in [0, 0.1) is 6.92 Å². The average molecular weight is 236 g/mol. The van der Waals surface area contributed by atoms with E-state index in [1.54, 1.807) is 7.11 Å². The highest BCUT2D eigenvalue weighted by molar-refractivity contribution is 5.47. The molecule has 0 aromatic heterocycles. The summed E-state index contributed by atoms with van der Waals surface area (Å²) in [5.74, 6) is 0. The van der Waals surface area contributed by atoms with Crippen molar-refractivity contribution >= 4 is 5.69 Å². The Labute approximate surface area is 105 Å². The molecule has 0 radical (unpaired) electrons. The first kappa shape index (κ1) is 14.0. The number of methoxy groups -OCH3 is 1. The molecule has 1 rings (SSSR count). The lowest BCUT2D eigenvalue weighted by atomic mass is 10.1. The van der Waals surface area contributed by atoms with Gasteiger partial charge in [0, 0.05) is 31.9 Å². The van der Waals surface area contributed by atoms with E-state index in [2.05, 4.69) is 30.9 Å². The Bertz CT molecular complexity index is 350. The maximum atomic E-state index is 5.83. The zero-order valence-corrected chi connectivity index (χ0v) is 11.4. The van der Waals surface area contributed by atoms with Crippen molar-refractivity contribution in [3.63, 3.8) is 0 Å². The van der Waals surface area contributed by atoms with Crippen LogP contribution in [0.4, 0.5) is 5.69 Å². The van der Waals surface area contributed by atoms with E-state index >= 15 is 0 Å². The van der Waals surface area contributed by atoms with Crippen LogP contribution < -0.4 is 5.73 Å². The largest absolute Gasteiger partial charge is 0.399 e. The summed E-state index contributed by atoms with van der Waals surface area (Å²) >= 11 is 0. The molecule has 0 amide bonds. The smallest absolute Gasteiger partial charge is 0.0589 e. The fraction of sp³-hybridized carbons (Fsp3) is 0.571. The van der Waals surface area contributed by atoms with Crippen LogP contribution in [-0.2, 0) is 11.3 Å². The maximum Gasteiger partial charge on any atom is 0.0589 e. The minimum Gasteiger partial charge on any atom is -0.399 e. The molecule has 3 heteroatoms. The number of hydrogen-bond donors (Lipinski definition) is 1. The Morgan fingerprint density at radius 1 is 1.35 bits per heavy atom. The minimum atomic E-state index is 0.517. The molecule has 0 aliphatic carbocycles. The molecule has 0 heterocycles. The van der Waals surface area contributed by atoms with Gasteiger partial charge >= 0.3 is 0 Å². The number of rotatable bonds is 6. The first-order valence-electron chi connectivity index (χ1n) is 6.12. The molecule has 2 N–H and O–H groups in total. The molecule has 0 spiro atoms. The molecule has 0 fully saturated rings. The summed E-state index contributed by atoms with van der Waals surface area (Å²) in [6, 6.07) is 6.77. The number of nitrogens with zero attached hydrogens (tertiary/aromatic N) is 1. The summed E-state index contributed by atoms with van der Waals surface area (Å²) < 4.78 is 5.14. The average Bonchev–Trinajstić information content (AvgIpc) is 2.28. The van der Waals surface area contributed by atoms with Crippen molar-refractivity contribution in [1.29, 1.82) is 0 Å². The molecule has 0 aliphatic rings. The molecule has 0 saturated heterocycles. The standard InChI is InChI=1S/C14H24N2O/c1-11(2)16(7-8-17-4)10-13-5-6-14(15)12(3)9-13/h5-6,9,11H,7-8,10,15H2,1-4H3. The van der Waals surface area contributed by atoms with Gasteiger partial charge in [-0.25, -0.2) is 0 Å². The number of hydrogen-bond acceptors (Lipinski definition) is 3. The third-order valence-corrected chi connectivity index (χ3v) is 3.03. The second-order valence-electron chi connectivity index (χ2n) is 4.75. The van der Waals surface area contributed by atoms with E-state index in [4.69, 9.17) is 10.5 Å². The van der Waals surface area contributed by atoms with Crippen molar-refractivity contribution < 1.29 is 4.74 Å². The van der Waals surface area contributed by atoms with Gasteiger partial charge in [-0.2, -0.15) is 0 Å². The Balaban J connectivity index is 2.68. The van der Waals surface area contributed by atoms with Gasteiger partial charge in [0.1, 0.15) is 0 Å². The predicted molar refractivity (Wildman–Crippen MR) is 73.0 cm³/mol. The molecule has 0 atom stereocenters. The molecule has 0 saturated carbocycles. The Hall–Kier alpha value is -1.06. The highest BCUT2D eigenvalue weighted by Crippen LogP contribution is 2.15. The number of benzene rings is 1. The summed E-state index contributed by atoms with van der Waals surface area (Å²) in [5, 5.41) is 0. The van der Waals surface area contributed by atoms with Crippen molar-refractivity contribution in [1.82, 2.24) is 4.90 Å². The van der Waals surface area contributed by atoms with E-state index in [1.807, 2.05) is 13.0 Å². The first-order valence-corrected chi connectivity index (χ1v) is 6.12. The van der Waals surface area contributed by atoms with Crippen LogP contribution in [0.25, 0.3) is 0 Å². The molecular weight excluding hydrogens is 212 g/mol. The maximum absolute atomic E-state index is 5.83. The predicted octanol–water partition coefficient (Wildman–Crippen LogP) is 2.43. The third-order valence-electron chi connectivity index (χ3n) is 3.03. The number of aryl methyl sites for hydroxylation is 1. The van der Waals surface area contributed by atoms with Crippen LogP contribution in [0.15, 0.2) is 18.2 Å². The fourth-order valence-corrected chi connectivity index (χ4v) is 1.80. The van der Waals surface area contributed by atoms with Crippen molar-refractivity contribution in [3.05, 3.63) is 29.3 Å². The van der Waals surface area contributed by atoms with Gasteiger partial charge in [0.15, 0.2) is 0 Å². The molecule has 0 bridgehead atoms. The Morgan fingerprint density at radius 3 is 2.59 bits per heavy atom. The van der Waals surface area contributed by atoms with Gasteiger partial charge in [0.05, 0.1) is 6.61 Å². The molecular formula is C14H24N2O. The van der Waals surface area contributed by atoms with E-state index in [-0.39, 0.29) is 0 Å². The summed E-state index contributed by atoms with van der Waals surface area (Å²) in [6.45, 7) is 9.14. The van der Waals surface area contributed by atoms with E-state index in [1.165, 1.54) is 5.56 Å². The topological polar surface area (TPSA) is 38.5 Å². The van der Waals surface area contributed by atoms with Gasteiger partial charge in [-0.15, -0.1) is 0 Å². The van der Waals surface area contributed by atoms with Gasteiger partial charge in [-0.3, -0.25) is 4.90 Å². The highest BCUT2D eigenvalue weighted by Gasteiger charge is 2.10. The van der Waals surface area contributed by atoms with Crippen molar-refractivity contribution in [2.24, 2.45) is 0 Å². The lowest BCUT2D eigenvalue weighted by molar-refractivity contribution is 0.125. The minimum absolute atomic E-state index is 0.517. The van der Waals surface area contributed by atoms with Crippen LogP contribution in [0.3, 0.4) is 0 Å². The SMILES string of the molecule is COCCN(Cc1ccc(N)c(C)c1)C(C)C. The van der Waals surface area contributed by atoms with Crippen LogP contribution in [0.1, 0.15) is 25.0 Å². The quantitative estimate of drug-likeness (QED) is 0.771. The number of nitrogens with two attached hydrogens (primary N) is 1. The monoisotopic (exact) mass is 236 g/mol. The van der Waals surface area contributed by atoms with Gasteiger partial charge in [0.2, 0.25) is 0 Å². The second kappa shape index (κ2) is 6.62. The molecule has 17 heavy (non-hydrogen) atoms. The van der Waals surface area contributed by atoms with Crippen LogP contribution in [0.2, 0.25) is 0 Å². The summed E-state index contributed by atoms with van der Waals surface area (Å²) in [6.07, 6.45) is 0. The zero-order chi connectivity index (χ0) is 12.8. The van der Waals surface area contributed by atoms with Crippen LogP contribution in [0.5, 0.6) is 0 Å². The highest BCUT2D eigenvalue weighted by atomic mass is 16.5. The van der Waals surface area contributed by atoms with E-state index in [0.29, 0.717) is 6.04 Å². The van der Waals surface area contributed by atoms with E-state index in [0.717, 1.165) is 30.9 Å². The summed E-state index contributed by atoms with van der Waals surface area (Å²) in [4.78, 5) is 2.40. The second-order valence-corrected chi connectivity index (χ2v) is 4.75. The van der Waals surface area contributed by atoms with Crippen LogP contribution in [-0.4, -0.2) is 31.2 Å². The molecule has 96 valence electrons. The van der Waals surface area contributed by atoms with Gasteiger partial charge in [-0.1, -0.05) is 12.1 Å². The Kier molecular flexibility index (Phi) is 5.45. The number of ether oxygens (including phenoxy) is 1. The van der Waals surface area contributed by atoms with E-state index < -0.39 is 0 Å². The van der Waals surface area contributed by atoms with E-state index in [9.17, 15) is 0 Å². The molecule has 1 aromatic carbocycles. The number of nitrogen functional groups attached to an aromatic ring is 1. The lowest BCUT2D eigenvalue weighted by Gasteiger charge is -2.26. The van der Waals surface area contributed by atoms with Gasteiger partial charge in [0.25, 0.3) is 0 Å². The van der Waals surface area contributed by atoms with Gasteiger partial charge < -0.3 is 10.5 Å². The van der Waals surface area contributed by atoms with Crippen molar-refractivity contribution in [2.45, 2.75) is 33.4 Å². The van der Waals surface area contributed by atoms with Crippen molar-refractivity contribution in [2.75, 3.05) is 26.0 Å². The van der Waals surface area contributed by atoms with Crippen LogP contribution >= 0.6 is 0 Å².